The lowest BCUT2D eigenvalue weighted by Crippen LogP contribution is -2.48. The molecule has 1 aromatic carbocycles. The second-order valence-electron chi connectivity index (χ2n) is 6.50. The van der Waals surface area contributed by atoms with E-state index in [2.05, 4.69) is 45.0 Å². The predicted molar refractivity (Wildman–Crippen MR) is 109 cm³/mol. The molecule has 3 rings (SSSR count). The first-order chi connectivity index (χ1) is 12.7. The number of nitrogens with one attached hydrogen (secondary N) is 2. The summed E-state index contributed by atoms with van der Waals surface area (Å²) in [5.41, 5.74) is 0.980. The lowest BCUT2D eigenvalue weighted by atomic mass is 10.1. The number of guanidine groups is 1. The Balaban J connectivity index is 1.48. The zero-order chi connectivity index (χ0) is 18.2. The predicted octanol–water partition coefficient (Wildman–Crippen LogP) is 3.65. The highest BCUT2D eigenvalue weighted by molar-refractivity contribution is 7.14. The number of anilines is 1. The summed E-state index contributed by atoms with van der Waals surface area (Å²) in [5, 5.41) is 10.4. The number of nitrogens with zero attached hydrogens (tertiary/aromatic N) is 2. The maximum absolute atomic E-state index is 13.3. The zero-order valence-corrected chi connectivity index (χ0v) is 16.1. The number of hydrogen-bond donors (Lipinski definition) is 2. The van der Waals surface area contributed by atoms with Crippen LogP contribution in [0.25, 0.3) is 0 Å². The molecule has 0 atom stereocenters. The molecule has 1 aliphatic heterocycles. The van der Waals surface area contributed by atoms with E-state index in [1.165, 1.54) is 11.1 Å². The Morgan fingerprint density at radius 2 is 2.12 bits per heavy atom. The van der Waals surface area contributed by atoms with Crippen molar-refractivity contribution in [3.8, 4) is 0 Å². The van der Waals surface area contributed by atoms with E-state index in [1.54, 1.807) is 23.5 Å². The first kappa shape index (κ1) is 18.7. The summed E-state index contributed by atoms with van der Waals surface area (Å²) in [6.07, 6.45) is 2.95. The van der Waals surface area contributed by atoms with Crippen molar-refractivity contribution in [3.05, 3.63) is 53.2 Å². The molecule has 0 spiro atoms. The standard InChI is InChI=1S/C20H27FN4S/c1-2-22-20(23-11-8-16-5-3-6-17(21)15-16)24-18-9-12-25(13-10-18)19-7-4-14-26-19/h3-7,14-15,18H,2,8-13H2,1H3,(H2,22,23,24). The molecule has 1 saturated heterocycles. The number of halogens is 1. The number of rotatable bonds is 6. The van der Waals surface area contributed by atoms with Crippen LogP contribution in [0.2, 0.25) is 0 Å². The van der Waals surface area contributed by atoms with Crippen LogP contribution in [0.15, 0.2) is 46.8 Å². The van der Waals surface area contributed by atoms with Crippen LogP contribution in [-0.4, -0.2) is 38.2 Å². The summed E-state index contributed by atoms with van der Waals surface area (Å²) in [4.78, 5) is 7.12. The van der Waals surface area contributed by atoms with Crippen molar-refractivity contribution in [3.63, 3.8) is 0 Å². The van der Waals surface area contributed by atoms with Crippen LogP contribution < -0.4 is 15.5 Å². The fraction of sp³-hybridized carbons (Fsp3) is 0.450. The monoisotopic (exact) mass is 374 g/mol. The van der Waals surface area contributed by atoms with E-state index in [1.807, 2.05) is 6.07 Å². The Morgan fingerprint density at radius 1 is 1.27 bits per heavy atom. The summed E-state index contributed by atoms with van der Waals surface area (Å²) in [7, 11) is 0. The second kappa shape index (κ2) is 9.57. The lowest BCUT2D eigenvalue weighted by molar-refractivity contribution is 0.463. The minimum absolute atomic E-state index is 0.186. The average Bonchev–Trinajstić information content (AvgIpc) is 3.17. The van der Waals surface area contributed by atoms with Gasteiger partial charge in [-0.15, -0.1) is 11.3 Å². The number of aliphatic imine (C=N–C) groups is 1. The van der Waals surface area contributed by atoms with Gasteiger partial charge in [-0.1, -0.05) is 12.1 Å². The zero-order valence-electron chi connectivity index (χ0n) is 15.2. The van der Waals surface area contributed by atoms with Crippen molar-refractivity contribution in [2.45, 2.75) is 32.2 Å². The van der Waals surface area contributed by atoms with Crippen LogP contribution in [0, 0.1) is 5.82 Å². The van der Waals surface area contributed by atoms with E-state index in [4.69, 9.17) is 0 Å². The van der Waals surface area contributed by atoms with Crippen LogP contribution in [0.3, 0.4) is 0 Å². The number of piperidine rings is 1. The Hall–Kier alpha value is -2.08. The molecule has 0 unspecified atom stereocenters. The summed E-state index contributed by atoms with van der Waals surface area (Å²) < 4.78 is 13.3. The summed E-state index contributed by atoms with van der Waals surface area (Å²) in [5.74, 6) is 0.674. The van der Waals surface area contributed by atoms with E-state index < -0.39 is 0 Å². The summed E-state index contributed by atoms with van der Waals surface area (Å²) in [6, 6.07) is 11.5. The molecule has 2 heterocycles. The summed E-state index contributed by atoms with van der Waals surface area (Å²) >= 11 is 1.81. The smallest absolute Gasteiger partial charge is 0.191 e. The Morgan fingerprint density at radius 3 is 2.81 bits per heavy atom. The molecule has 6 heteroatoms. The summed E-state index contributed by atoms with van der Waals surface area (Å²) in [6.45, 7) is 5.69. The molecular weight excluding hydrogens is 347 g/mol. The molecule has 0 aliphatic carbocycles. The number of hydrogen-bond acceptors (Lipinski definition) is 3. The quantitative estimate of drug-likeness (QED) is 0.599. The van der Waals surface area contributed by atoms with Crippen molar-refractivity contribution < 1.29 is 4.39 Å². The minimum atomic E-state index is -0.186. The third kappa shape index (κ3) is 5.46. The van der Waals surface area contributed by atoms with Gasteiger partial charge in [0.2, 0.25) is 0 Å². The van der Waals surface area contributed by atoms with Gasteiger partial charge in [-0.25, -0.2) is 4.39 Å². The number of thiophene rings is 1. The van der Waals surface area contributed by atoms with Crippen LogP contribution in [-0.2, 0) is 6.42 Å². The fourth-order valence-electron chi connectivity index (χ4n) is 3.20. The Kier molecular flexibility index (Phi) is 6.89. The highest BCUT2D eigenvalue weighted by Gasteiger charge is 2.20. The molecule has 1 fully saturated rings. The van der Waals surface area contributed by atoms with Gasteiger partial charge in [-0.3, -0.25) is 4.99 Å². The van der Waals surface area contributed by atoms with Gasteiger partial charge in [0, 0.05) is 32.2 Å². The molecular formula is C20H27FN4S. The molecule has 0 amide bonds. The van der Waals surface area contributed by atoms with Gasteiger partial charge in [0.15, 0.2) is 5.96 Å². The van der Waals surface area contributed by atoms with Crippen molar-refractivity contribution in [2.75, 3.05) is 31.1 Å². The van der Waals surface area contributed by atoms with Crippen LogP contribution in [0.5, 0.6) is 0 Å². The number of benzene rings is 1. The topological polar surface area (TPSA) is 39.7 Å². The van der Waals surface area contributed by atoms with Gasteiger partial charge in [-0.2, -0.15) is 0 Å². The molecule has 0 bridgehead atoms. The normalized spacial score (nSPS) is 15.9. The molecule has 140 valence electrons. The highest BCUT2D eigenvalue weighted by atomic mass is 32.1. The fourth-order valence-corrected chi connectivity index (χ4v) is 3.98. The third-order valence-electron chi connectivity index (χ3n) is 4.56. The van der Waals surface area contributed by atoms with Gasteiger partial charge in [0.25, 0.3) is 0 Å². The van der Waals surface area contributed by atoms with Gasteiger partial charge in [0.05, 0.1) is 5.00 Å². The molecule has 2 aromatic rings. The SMILES string of the molecule is CCNC(=NCCc1cccc(F)c1)NC1CCN(c2cccs2)CC1. The van der Waals surface area contributed by atoms with Gasteiger partial charge >= 0.3 is 0 Å². The molecule has 0 radical (unpaired) electrons. The van der Waals surface area contributed by atoms with Crippen LogP contribution in [0.1, 0.15) is 25.3 Å². The molecule has 26 heavy (non-hydrogen) atoms. The molecule has 1 aromatic heterocycles. The minimum Gasteiger partial charge on any atom is -0.363 e. The van der Waals surface area contributed by atoms with Crippen molar-refractivity contribution in [1.29, 1.82) is 0 Å². The second-order valence-corrected chi connectivity index (χ2v) is 7.42. The average molecular weight is 375 g/mol. The highest BCUT2D eigenvalue weighted by Crippen LogP contribution is 2.24. The van der Waals surface area contributed by atoms with Crippen LogP contribution in [0.4, 0.5) is 9.39 Å². The van der Waals surface area contributed by atoms with E-state index in [0.29, 0.717) is 12.6 Å². The van der Waals surface area contributed by atoms with Gasteiger partial charge in [-0.05, 0) is 61.4 Å². The molecule has 1 aliphatic rings. The molecule has 4 nitrogen and oxygen atoms in total. The Bertz CT molecular complexity index is 694. The van der Waals surface area contributed by atoms with E-state index in [0.717, 1.165) is 50.4 Å². The largest absolute Gasteiger partial charge is 0.363 e. The Labute approximate surface area is 159 Å². The maximum atomic E-state index is 13.3. The third-order valence-corrected chi connectivity index (χ3v) is 5.49. The molecule has 2 N–H and O–H groups in total. The molecule has 0 saturated carbocycles. The van der Waals surface area contributed by atoms with Crippen LogP contribution >= 0.6 is 11.3 Å². The van der Waals surface area contributed by atoms with Gasteiger partial charge < -0.3 is 15.5 Å². The van der Waals surface area contributed by atoms with E-state index in [-0.39, 0.29) is 5.82 Å². The van der Waals surface area contributed by atoms with E-state index >= 15 is 0 Å². The van der Waals surface area contributed by atoms with Gasteiger partial charge in [0.1, 0.15) is 5.82 Å². The lowest BCUT2D eigenvalue weighted by Gasteiger charge is -2.33. The van der Waals surface area contributed by atoms with E-state index in [9.17, 15) is 4.39 Å². The maximum Gasteiger partial charge on any atom is 0.191 e. The van der Waals surface area contributed by atoms with Crippen molar-refractivity contribution >= 4 is 22.3 Å². The first-order valence-corrected chi connectivity index (χ1v) is 10.2. The van der Waals surface area contributed by atoms with Crippen molar-refractivity contribution in [1.82, 2.24) is 10.6 Å². The first-order valence-electron chi connectivity index (χ1n) is 9.32. The van der Waals surface area contributed by atoms with Crippen molar-refractivity contribution in [2.24, 2.45) is 4.99 Å².